The number of hydrogen-bond donors (Lipinski definition) is 1. The lowest BCUT2D eigenvalue weighted by Gasteiger charge is -2.02. The van der Waals surface area contributed by atoms with Crippen LogP contribution < -0.4 is 10.1 Å². The molecule has 0 heterocycles. The summed E-state index contributed by atoms with van der Waals surface area (Å²) < 4.78 is 5.05. The van der Waals surface area contributed by atoms with Crippen molar-refractivity contribution in [2.75, 3.05) is 13.7 Å². The second-order valence-electron chi connectivity index (χ2n) is 3.90. The van der Waals surface area contributed by atoms with Crippen molar-refractivity contribution in [1.82, 2.24) is 5.32 Å². The number of nitrogens with one attached hydrogen (secondary N) is 1. The first kappa shape index (κ1) is 13.1. The van der Waals surface area contributed by atoms with E-state index in [-0.39, 0.29) is 11.8 Å². The third-order valence-corrected chi connectivity index (χ3v) is 2.20. The van der Waals surface area contributed by atoms with E-state index in [0.717, 1.165) is 11.3 Å². The summed E-state index contributed by atoms with van der Waals surface area (Å²) in [4.78, 5) is 11.2. The van der Waals surface area contributed by atoms with Gasteiger partial charge in [-0.2, -0.15) is 0 Å². The Labute approximate surface area is 102 Å². The fourth-order valence-electron chi connectivity index (χ4n) is 1.16. The summed E-state index contributed by atoms with van der Waals surface area (Å²) >= 11 is 0. The van der Waals surface area contributed by atoms with Gasteiger partial charge in [-0.1, -0.05) is 25.7 Å². The molecule has 1 N–H and O–H groups in total. The van der Waals surface area contributed by atoms with E-state index in [1.807, 2.05) is 38.1 Å². The van der Waals surface area contributed by atoms with Crippen LogP contribution in [0.4, 0.5) is 0 Å². The standard InChI is InChI=1S/C14H17NO2/c1-11(2)14(16)15-10-4-5-12-6-8-13(17-3)9-7-12/h6-9,11H,10H2,1-3H3,(H,15,16). The van der Waals surface area contributed by atoms with Crippen molar-refractivity contribution in [3.8, 4) is 17.6 Å². The van der Waals surface area contributed by atoms with Crippen LogP contribution >= 0.6 is 0 Å². The summed E-state index contributed by atoms with van der Waals surface area (Å²) in [6, 6.07) is 7.49. The number of carbonyl (C=O) groups excluding carboxylic acids is 1. The van der Waals surface area contributed by atoms with Gasteiger partial charge in [0.25, 0.3) is 0 Å². The molecule has 0 unspecified atom stereocenters. The zero-order chi connectivity index (χ0) is 12.7. The Morgan fingerprint density at radius 3 is 2.53 bits per heavy atom. The molecule has 3 nitrogen and oxygen atoms in total. The van der Waals surface area contributed by atoms with Gasteiger partial charge in [0, 0.05) is 11.5 Å². The number of methoxy groups -OCH3 is 1. The number of benzene rings is 1. The van der Waals surface area contributed by atoms with E-state index in [9.17, 15) is 4.79 Å². The summed E-state index contributed by atoms with van der Waals surface area (Å²) in [7, 11) is 1.63. The maximum Gasteiger partial charge on any atom is 0.223 e. The molecule has 3 heteroatoms. The molecule has 1 aromatic carbocycles. The van der Waals surface area contributed by atoms with Crippen molar-refractivity contribution in [2.45, 2.75) is 13.8 Å². The van der Waals surface area contributed by atoms with E-state index in [1.54, 1.807) is 7.11 Å². The highest BCUT2D eigenvalue weighted by Gasteiger charge is 2.03. The first-order valence-corrected chi connectivity index (χ1v) is 5.54. The normalized spacial score (nSPS) is 9.41. The molecular weight excluding hydrogens is 214 g/mol. The molecule has 17 heavy (non-hydrogen) atoms. The van der Waals surface area contributed by atoms with Crippen molar-refractivity contribution in [2.24, 2.45) is 5.92 Å². The van der Waals surface area contributed by atoms with E-state index < -0.39 is 0 Å². The van der Waals surface area contributed by atoms with Crippen LogP contribution in [0.2, 0.25) is 0 Å². The smallest absolute Gasteiger partial charge is 0.223 e. The molecule has 1 amide bonds. The van der Waals surface area contributed by atoms with Gasteiger partial charge < -0.3 is 10.1 Å². The number of ether oxygens (including phenoxy) is 1. The average Bonchev–Trinajstić information content (AvgIpc) is 2.35. The zero-order valence-corrected chi connectivity index (χ0v) is 10.4. The van der Waals surface area contributed by atoms with Crippen LogP contribution in [0.15, 0.2) is 24.3 Å². The van der Waals surface area contributed by atoms with E-state index in [4.69, 9.17) is 4.74 Å². The third kappa shape index (κ3) is 4.60. The first-order valence-electron chi connectivity index (χ1n) is 5.54. The van der Waals surface area contributed by atoms with Crippen LogP contribution in [0.5, 0.6) is 5.75 Å². The molecule has 0 aliphatic heterocycles. The second kappa shape index (κ2) is 6.59. The van der Waals surface area contributed by atoms with Crippen molar-refractivity contribution >= 4 is 5.91 Å². The molecule has 1 rings (SSSR count). The number of rotatable bonds is 3. The Morgan fingerprint density at radius 2 is 2.00 bits per heavy atom. The van der Waals surface area contributed by atoms with Gasteiger partial charge in [0.2, 0.25) is 5.91 Å². The SMILES string of the molecule is COc1ccc(C#CCNC(=O)C(C)C)cc1. The quantitative estimate of drug-likeness (QED) is 0.806. The van der Waals surface area contributed by atoms with Crippen LogP contribution in [0.3, 0.4) is 0 Å². The predicted molar refractivity (Wildman–Crippen MR) is 67.7 cm³/mol. The molecule has 0 aliphatic carbocycles. The van der Waals surface area contributed by atoms with Crippen LogP contribution in [-0.4, -0.2) is 19.6 Å². The van der Waals surface area contributed by atoms with E-state index >= 15 is 0 Å². The van der Waals surface area contributed by atoms with Crippen molar-refractivity contribution in [3.05, 3.63) is 29.8 Å². The van der Waals surface area contributed by atoms with Crippen molar-refractivity contribution in [1.29, 1.82) is 0 Å². The summed E-state index contributed by atoms with van der Waals surface area (Å²) in [5.74, 6) is 6.70. The molecule has 0 bridgehead atoms. The molecule has 0 spiro atoms. The molecule has 1 aromatic rings. The predicted octanol–water partition coefficient (Wildman–Crippen LogP) is 1.82. The van der Waals surface area contributed by atoms with Gasteiger partial charge in [-0.05, 0) is 24.3 Å². The fraction of sp³-hybridized carbons (Fsp3) is 0.357. The summed E-state index contributed by atoms with van der Waals surface area (Å²) in [5, 5.41) is 2.74. The Balaban J connectivity index is 2.46. The number of carbonyl (C=O) groups is 1. The maximum atomic E-state index is 11.2. The lowest BCUT2D eigenvalue weighted by Crippen LogP contribution is -2.27. The Hall–Kier alpha value is -1.95. The molecule has 0 radical (unpaired) electrons. The van der Waals surface area contributed by atoms with Gasteiger partial charge in [-0.15, -0.1) is 0 Å². The van der Waals surface area contributed by atoms with Crippen molar-refractivity contribution < 1.29 is 9.53 Å². The molecule has 0 aliphatic rings. The summed E-state index contributed by atoms with van der Waals surface area (Å²) in [6.07, 6.45) is 0. The minimum Gasteiger partial charge on any atom is -0.497 e. The molecular formula is C14H17NO2. The largest absolute Gasteiger partial charge is 0.497 e. The topological polar surface area (TPSA) is 38.3 Å². The highest BCUT2D eigenvalue weighted by atomic mass is 16.5. The first-order chi connectivity index (χ1) is 8.13. The minimum atomic E-state index is -0.00205. The van der Waals surface area contributed by atoms with Gasteiger partial charge in [-0.25, -0.2) is 0 Å². The van der Waals surface area contributed by atoms with Gasteiger partial charge in [0.15, 0.2) is 0 Å². The van der Waals surface area contributed by atoms with E-state index in [2.05, 4.69) is 17.2 Å². The molecule has 0 aromatic heterocycles. The van der Waals surface area contributed by atoms with Gasteiger partial charge in [0.05, 0.1) is 13.7 Å². The molecule has 0 saturated heterocycles. The Kier molecular flexibility index (Phi) is 5.09. The summed E-state index contributed by atoms with van der Waals surface area (Å²) in [6.45, 7) is 4.08. The van der Waals surface area contributed by atoms with Crippen LogP contribution in [-0.2, 0) is 4.79 Å². The average molecular weight is 231 g/mol. The van der Waals surface area contributed by atoms with Crippen LogP contribution in [0.25, 0.3) is 0 Å². The maximum absolute atomic E-state index is 11.2. The Bertz CT molecular complexity index is 424. The molecule has 0 saturated carbocycles. The third-order valence-electron chi connectivity index (χ3n) is 2.20. The molecule has 0 fully saturated rings. The molecule has 90 valence electrons. The number of hydrogen-bond acceptors (Lipinski definition) is 2. The fourth-order valence-corrected chi connectivity index (χ4v) is 1.16. The minimum absolute atomic E-state index is 0.00205. The number of amides is 1. The van der Waals surface area contributed by atoms with Gasteiger partial charge >= 0.3 is 0 Å². The lowest BCUT2D eigenvalue weighted by molar-refractivity contribution is -0.123. The zero-order valence-electron chi connectivity index (χ0n) is 10.4. The lowest BCUT2D eigenvalue weighted by atomic mass is 10.2. The van der Waals surface area contributed by atoms with E-state index in [1.165, 1.54) is 0 Å². The van der Waals surface area contributed by atoms with Gasteiger partial charge in [0.1, 0.15) is 5.75 Å². The van der Waals surface area contributed by atoms with E-state index in [0.29, 0.717) is 6.54 Å². The monoisotopic (exact) mass is 231 g/mol. The van der Waals surface area contributed by atoms with Crippen molar-refractivity contribution in [3.63, 3.8) is 0 Å². The highest BCUT2D eigenvalue weighted by molar-refractivity contribution is 5.78. The Morgan fingerprint density at radius 1 is 1.35 bits per heavy atom. The molecule has 0 atom stereocenters. The second-order valence-corrected chi connectivity index (χ2v) is 3.90. The van der Waals surface area contributed by atoms with Crippen LogP contribution in [0.1, 0.15) is 19.4 Å². The van der Waals surface area contributed by atoms with Gasteiger partial charge in [-0.3, -0.25) is 4.79 Å². The highest BCUT2D eigenvalue weighted by Crippen LogP contribution is 2.09. The van der Waals surface area contributed by atoms with Crippen LogP contribution in [0, 0.1) is 17.8 Å². The summed E-state index contributed by atoms with van der Waals surface area (Å²) in [5.41, 5.74) is 0.907.